The van der Waals surface area contributed by atoms with Crippen LogP contribution in [0.4, 0.5) is 0 Å². The Morgan fingerprint density at radius 1 is 1.35 bits per heavy atom. The molecule has 2 aromatic rings. The van der Waals surface area contributed by atoms with Gasteiger partial charge in [0.1, 0.15) is 5.03 Å². The Hall–Kier alpha value is -1.59. The Kier molecular flexibility index (Phi) is 3.61. The Labute approximate surface area is 107 Å². The van der Waals surface area contributed by atoms with Crippen LogP contribution in [-0.2, 0) is 0 Å². The number of aromatic carboxylic acids is 1. The molecule has 0 aliphatic rings. The second-order valence-corrected chi connectivity index (χ2v) is 4.59. The quantitative estimate of drug-likeness (QED) is 0.925. The van der Waals surface area contributed by atoms with Crippen molar-refractivity contribution in [3.63, 3.8) is 0 Å². The van der Waals surface area contributed by atoms with Crippen molar-refractivity contribution in [2.24, 2.45) is 0 Å². The zero-order valence-corrected chi connectivity index (χ0v) is 10.1. The van der Waals surface area contributed by atoms with Crippen molar-refractivity contribution in [1.82, 2.24) is 9.97 Å². The summed E-state index contributed by atoms with van der Waals surface area (Å²) in [5, 5.41) is 9.78. The van der Waals surface area contributed by atoms with Crippen LogP contribution in [0.5, 0.6) is 0 Å². The van der Waals surface area contributed by atoms with Crippen LogP contribution in [0.1, 0.15) is 10.4 Å². The first kappa shape index (κ1) is 11.9. The van der Waals surface area contributed by atoms with E-state index in [1.165, 1.54) is 17.8 Å². The molecule has 0 atom stereocenters. The molecule has 1 aromatic carbocycles. The largest absolute Gasteiger partial charge is 0.478 e. The number of carbonyl (C=O) groups is 1. The van der Waals surface area contributed by atoms with Crippen molar-refractivity contribution >= 4 is 29.3 Å². The van der Waals surface area contributed by atoms with Gasteiger partial charge in [0.2, 0.25) is 0 Å². The number of nitrogens with zero attached hydrogens (tertiary/aromatic N) is 2. The molecule has 6 heteroatoms. The molecule has 86 valence electrons. The van der Waals surface area contributed by atoms with Crippen molar-refractivity contribution in [1.29, 1.82) is 0 Å². The third kappa shape index (κ3) is 2.95. The highest BCUT2D eigenvalue weighted by Crippen LogP contribution is 2.29. The lowest BCUT2D eigenvalue weighted by Gasteiger charge is -2.03. The number of benzene rings is 1. The molecular weight excluding hydrogens is 260 g/mol. The van der Waals surface area contributed by atoms with Gasteiger partial charge in [-0.05, 0) is 18.2 Å². The smallest absolute Gasteiger partial charge is 0.337 e. The average molecular weight is 267 g/mol. The van der Waals surface area contributed by atoms with Crippen LogP contribution in [0.25, 0.3) is 0 Å². The number of carboxylic acid groups (broad SMARTS) is 1. The molecule has 1 aromatic heterocycles. The number of aromatic nitrogens is 2. The third-order valence-corrected chi connectivity index (χ3v) is 3.16. The maximum absolute atomic E-state index is 10.8. The topological polar surface area (TPSA) is 63.1 Å². The van der Waals surface area contributed by atoms with Gasteiger partial charge in [-0.1, -0.05) is 23.4 Å². The Balaban J connectivity index is 2.24. The number of carboxylic acids is 1. The minimum absolute atomic E-state index is 0.0927. The number of hydrogen-bond acceptors (Lipinski definition) is 4. The summed E-state index contributed by atoms with van der Waals surface area (Å²) >= 11 is 7.23. The summed E-state index contributed by atoms with van der Waals surface area (Å²) in [6.07, 6.45) is 4.81. The fourth-order valence-electron chi connectivity index (χ4n) is 1.19. The summed E-state index contributed by atoms with van der Waals surface area (Å²) in [6, 6.07) is 4.77. The second-order valence-electron chi connectivity index (χ2n) is 3.09. The summed E-state index contributed by atoms with van der Waals surface area (Å²) < 4.78 is 0. The van der Waals surface area contributed by atoms with Crippen molar-refractivity contribution in [3.05, 3.63) is 47.4 Å². The van der Waals surface area contributed by atoms with E-state index in [2.05, 4.69) is 9.97 Å². The van der Waals surface area contributed by atoms with E-state index >= 15 is 0 Å². The second kappa shape index (κ2) is 5.16. The molecule has 0 unspecified atom stereocenters. The summed E-state index contributed by atoms with van der Waals surface area (Å²) in [5.41, 5.74) is 0.0927. The Morgan fingerprint density at radius 3 is 2.76 bits per heavy atom. The molecule has 2 rings (SSSR count). The van der Waals surface area contributed by atoms with Gasteiger partial charge in [-0.15, -0.1) is 0 Å². The summed E-state index contributed by atoms with van der Waals surface area (Å²) in [4.78, 5) is 19.6. The molecule has 0 aliphatic carbocycles. The van der Waals surface area contributed by atoms with E-state index in [1.807, 2.05) is 0 Å². The monoisotopic (exact) mass is 266 g/mol. The van der Waals surface area contributed by atoms with Gasteiger partial charge in [0.15, 0.2) is 0 Å². The van der Waals surface area contributed by atoms with Gasteiger partial charge in [-0.2, -0.15) is 0 Å². The molecule has 0 aliphatic heterocycles. The van der Waals surface area contributed by atoms with E-state index in [0.29, 0.717) is 0 Å². The Morgan fingerprint density at radius 2 is 2.18 bits per heavy atom. The van der Waals surface area contributed by atoms with Crippen molar-refractivity contribution < 1.29 is 9.90 Å². The maximum atomic E-state index is 10.8. The van der Waals surface area contributed by atoms with Crippen LogP contribution < -0.4 is 0 Å². The van der Waals surface area contributed by atoms with Gasteiger partial charge in [-0.25, -0.2) is 9.78 Å². The van der Waals surface area contributed by atoms with Gasteiger partial charge in [-0.3, -0.25) is 4.98 Å². The van der Waals surface area contributed by atoms with Crippen molar-refractivity contribution in [3.8, 4) is 0 Å². The predicted octanol–water partition coefficient (Wildman–Crippen LogP) is 2.98. The number of hydrogen-bond donors (Lipinski definition) is 1. The average Bonchev–Trinajstić information content (AvgIpc) is 2.30. The normalized spacial score (nSPS) is 10.2. The highest BCUT2D eigenvalue weighted by molar-refractivity contribution is 7.99. The first-order chi connectivity index (χ1) is 8.16. The van der Waals surface area contributed by atoms with Crippen molar-refractivity contribution in [2.75, 3.05) is 0 Å². The van der Waals surface area contributed by atoms with Crippen LogP contribution >= 0.6 is 23.4 Å². The fraction of sp³-hybridized carbons (Fsp3) is 0. The molecule has 0 radical (unpaired) electrons. The molecule has 4 nitrogen and oxygen atoms in total. The number of halogens is 1. The van der Waals surface area contributed by atoms with Gasteiger partial charge in [0.05, 0.1) is 16.8 Å². The highest BCUT2D eigenvalue weighted by Gasteiger charge is 2.09. The van der Waals surface area contributed by atoms with Gasteiger partial charge < -0.3 is 5.11 Å². The summed E-state index contributed by atoms with van der Waals surface area (Å²) in [7, 11) is 0. The predicted molar refractivity (Wildman–Crippen MR) is 64.6 cm³/mol. The van der Waals surface area contributed by atoms with Gasteiger partial charge >= 0.3 is 5.97 Å². The lowest BCUT2D eigenvalue weighted by molar-refractivity contribution is 0.0697. The lowest BCUT2D eigenvalue weighted by atomic mass is 10.2. The third-order valence-electron chi connectivity index (χ3n) is 1.93. The van der Waals surface area contributed by atoms with E-state index < -0.39 is 5.97 Å². The highest BCUT2D eigenvalue weighted by atomic mass is 35.5. The molecule has 0 bridgehead atoms. The van der Waals surface area contributed by atoms with Gasteiger partial charge in [0.25, 0.3) is 0 Å². The molecule has 0 amide bonds. The van der Waals surface area contributed by atoms with E-state index in [-0.39, 0.29) is 10.6 Å². The zero-order valence-electron chi connectivity index (χ0n) is 8.50. The van der Waals surface area contributed by atoms with E-state index in [1.54, 1.807) is 30.7 Å². The first-order valence-electron chi connectivity index (χ1n) is 4.63. The van der Waals surface area contributed by atoms with E-state index in [4.69, 9.17) is 16.7 Å². The van der Waals surface area contributed by atoms with Crippen LogP contribution in [0.2, 0.25) is 5.02 Å². The van der Waals surface area contributed by atoms with Crippen LogP contribution in [0.3, 0.4) is 0 Å². The number of rotatable bonds is 3. The SMILES string of the molecule is O=C(O)c1ccc(Sc2cnccn2)cc1Cl. The maximum Gasteiger partial charge on any atom is 0.337 e. The molecule has 0 spiro atoms. The van der Waals surface area contributed by atoms with E-state index in [9.17, 15) is 4.79 Å². The molecule has 1 heterocycles. The van der Waals surface area contributed by atoms with Gasteiger partial charge in [0, 0.05) is 17.3 Å². The fourth-order valence-corrected chi connectivity index (χ4v) is 2.30. The lowest BCUT2D eigenvalue weighted by Crippen LogP contribution is -1.96. The molecule has 0 saturated carbocycles. The van der Waals surface area contributed by atoms with Crippen LogP contribution in [0, 0.1) is 0 Å². The first-order valence-corrected chi connectivity index (χ1v) is 5.83. The minimum Gasteiger partial charge on any atom is -0.478 e. The molecule has 0 fully saturated rings. The molecular formula is C11H7ClN2O2S. The molecule has 0 saturated heterocycles. The Bertz CT molecular complexity index is 548. The summed E-state index contributed by atoms with van der Waals surface area (Å²) in [6.45, 7) is 0. The summed E-state index contributed by atoms with van der Waals surface area (Å²) in [5.74, 6) is -1.04. The molecule has 1 N–H and O–H groups in total. The van der Waals surface area contributed by atoms with E-state index in [0.717, 1.165) is 9.92 Å². The van der Waals surface area contributed by atoms with Crippen LogP contribution in [-0.4, -0.2) is 21.0 Å². The minimum atomic E-state index is -1.04. The zero-order chi connectivity index (χ0) is 12.3. The standard InChI is InChI=1S/C11H7ClN2O2S/c12-9-5-7(1-2-8(9)11(15)16)17-10-6-13-3-4-14-10/h1-6H,(H,15,16). The molecule has 17 heavy (non-hydrogen) atoms. The van der Waals surface area contributed by atoms with Crippen LogP contribution in [0.15, 0.2) is 46.7 Å². The van der Waals surface area contributed by atoms with Crippen molar-refractivity contribution in [2.45, 2.75) is 9.92 Å².